The Morgan fingerprint density at radius 1 is 1.17 bits per heavy atom. The summed E-state index contributed by atoms with van der Waals surface area (Å²) in [5, 5.41) is 15.8. The molecule has 16 heteroatoms. The van der Waals surface area contributed by atoms with Crippen molar-refractivity contribution in [3.05, 3.63) is 68.4 Å². The second-order valence-electron chi connectivity index (χ2n) is 6.74. The maximum atomic E-state index is 13.3. The molecule has 2 aromatic heterocycles. The number of amides is 1. The molecule has 0 saturated heterocycles. The normalized spacial score (nSPS) is 11.5. The van der Waals surface area contributed by atoms with Crippen LogP contribution in [0.1, 0.15) is 40.6 Å². The predicted octanol–water partition coefficient (Wildman–Crippen LogP) is 5.86. The number of non-ortho nitro benzene ring substituents is 1. The standard InChI is InChI=1S/C19H13ClF6N4O5/c20-14-15(17(23)24)28-29(16(14)18(25)26)6-10-1-2-12(35-10)19(31)27-8-3-9(30(32)33)5-11(4-8)34-7-13(21)22/h1-5,13,17-18H,6-7H2,(H,27,31). The Morgan fingerprint density at radius 3 is 2.49 bits per heavy atom. The van der Waals surface area contributed by atoms with Crippen LogP contribution in [0.15, 0.2) is 34.7 Å². The zero-order valence-electron chi connectivity index (χ0n) is 17.1. The molecule has 1 amide bonds. The number of nitrogens with zero attached hydrogens (tertiary/aromatic N) is 3. The third kappa shape index (κ3) is 6.23. The largest absolute Gasteiger partial charge is 0.487 e. The molecule has 0 radical (unpaired) electrons. The van der Waals surface area contributed by atoms with Gasteiger partial charge in [0.05, 0.1) is 28.2 Å². The lowest BCUT2D eigenvalue weighted by atomic mass is 10.2. The number of carbonyl (C=O) groups excluding carboxylic acids is 1. The zero-order valence-corrected chi connectivity index (χ0v) is 17.8. The van der Waals surface area contributed by atoms with Gasteiger partial charge in [-0.25, -0.2) is 26.3 Å². The fourth-order valence-corrected chi connectivity index (χ4v) is 3.17. The molecule has 3 rings (SSSR count). The number of nitro benzene ring substituents is 1. The van der Waals surface area contributed by atoms with Crippen LogP contribution >= 0.6 is 11.6 Å². The number of hydrogen-bond donors (Lipinski definition) is 1. The van der Waals surface area contributed by atoms with E-state index in [0.29, 0.717) is 4.68 Å². The number of carbonyl (C=O) groups is 1. The summed E-state index contributed by atoms with van der Waals surface area (Å²) in [6.07, 6.45) is -9.28. The van der Waals surface area contributed by atoms with E-state index in [-0.39, 0.29) is 23.0 Å². The van der Waals surface area contributed by atoms with Gasteiger partial charge in [-0.15, -0.1) is 0 Å². The third-order valence-electron chi connectivity index (χ3n) is 4.30. The van der Waals surface area contributed by atoms with Gasteiger partial charge < -0.3 is 14.5 Å². The van der Waals surface area contributed by atoms with Gasteiger partial charge in [-0.1, -0.05) is 11.6 Å². The summed E-state index contributed by atoms with van der Waals surface area (Å²) in [6, 6.07) is 5.18. The summed E-state index contributed by atoms with van der Waals surface area (Å²) in [7, 11) is 0. The number of alkyl halides is 6. The summed E-state index contributed by atoms with van der Waals surface area (Å²) in [5.41, 5.74) is -2.75. The quantitative estimate of drug-likeness (QED) is 0.201. The number of nitro groups is 1. The van der Waals surface area contributed by atoms with Crippen molar-refractivity contribution in [2.75, 3.05) is 11.9 Å². The summed E-state index contributed by atoms with van der Waals surface area (Å²) in [6.45, 7) is -1.61. The topological polar surface area (TPSA) is 112 Å². The average Bonchev–Trinajstić information content (AvgIpc) is 3.36. The molecule has 2 heterocycles. The van der Waals surface area contributed by atoms with E-state index in [1.807, 2.05) is 0 Å². The van der Waals surface area contributed by atoms with Crippen LogP contribution in [0.4, 0.5) is 37.7 Å². The highest BCUT2D eigenvalue weighted by atomic mass is 35.5. The molecule has 35 heavy (non-hydrogen) atoms. The lowest BCUT2D eigenvalue weighted by molar-refractivity contribution is -0.384. The molecule has 0 unspecified atom stereocenters. The molecule has 1 N–H and O–H groups in total. The molecule has 0 aliphatic heterocycles. The minimum Gasteiger partial charge on any atom is -0.487 e. The van der Waals surface area contributed by atoms with Crippen LogP contribution < -0.4 is 10.1 Å². The second-order valence-corrected chi connectivity index (χ2v) is 7.12. The molecule has 1 aromatic carbocycles. The Kier molecular flexibility index (Phi) is 7.89. The Labute approximate surface area is 196 Å². The number of halogens is 7. The lowest BCUT2D eigenvalue weighted by Crippen LogP contribution is -2.12. The first-order valence-corrected chi connectivity index (χ1v) is 9.77. The van der Waals surface area contributed by atoms with E-state index in [1.54, 1.807) is 0 Å². The van der Waals surface area contributed by atoms with E-state index < -0.39 is 65.4 Å². The summed E-state index contributed by atoms with van der Waals surface area (Å²) < 4.78 is 87.7. The number of aromatic nitrogens is 2. The van der Waals surface area contributed by atoms with E-state index in [9.17, 15) is 41.3 Å². The van der Waals surface area contributed by atoms with Gasteiger partial charge in [-0.05, 0) is 12.1 Å². The van der Waals surface area contributed by atoms with Crippen LogP contribution in [0.3, 0.4) is 0 Å². The average molecular weight is 527 g/mol. The van der Waals surface area contributed by atoms with Gasteiger partial charge in [0.15, 0.2) is 5.76 Å². The maximum absolute atomic E-state index is 13.3. The van der Waals surface area contributed by atoms with Crippen molar-refractivity contribution in [2.45, 2.75) is 25.8 Å². The minimum atomic E-state index is -3.23. The second kappa shape index (κ2) is 10.7. The van der Waals surface area contributed by atoms with Gasteiger partial charge in [-0.3, -0.25) is 19.6 Å². The highest BCUT2D eigenvalue weighted by Crippen LogP contribution is 2.35. The highest BCUT2D eigenvalue weighted by Gasteiger charge is 2.28. The van der Waals surface area contributed by atoms with E-state index in [0.717, 1.165) is 24.3 Å². The molecule has 9 nitrogen and oxygen atoms in total. The molecule has 0 fully saturated rings. The molecule has 0 aliphatic rings. The minimum absolute atomic E-state index is 0.128. The fraction of sp³-hybridized carbons (Fsp3) is 0.263. The molecular weight excluding hydrogens is 514 g/mol. The molecule has 0 bridgehead atoms. The first-order chi connectivity index (χ1) is 16.5. The predicted molar refractivity (Wildman–Crippen MR) is 108 cm³/mol. The number of hydrogen-bond acceptors (Lipinski definition) is 6. The Balaban J connectivity index is 1.79. The SMILES string of the molecule is O=C(Nc1cc(OCC(F)F)cc([N+](=O)[O-])c1)c1ccc(Cn2nc(C(F)F)c(Cl)c2C(F)F)o1. The van der Waals surface area contributed by atoms with Gasteiger partial charge >= 0.3 is 0 Å². The van der Waals surface area contributed by atoms with Gasteiger partial charge in [0.25, 0.3) is 30.9 Å². The van der Waals surface area contributed by atoms with Crippen molar-refractivity contribution >= 4 is 28.9 Å². The van der Waals surface area contributed by atoms with Crippen molar-refractivity contribution in [1.82, 2.24) is 9.78 Å². The van der Waals surface area contributed by atoms with Crippen LogP contribution in [-0.4, -0.2) is 33.6 Å². The van der Waals surface area contributed by atoms with Gasteiger partial charge in [-0.2, -0.15) is 5.10 Å². The molecule has 3 aromatic rings. The number of rotatable bonds is 10. The first-order valence-electron chi connectivity index (χ1n) is 9.39. The fourth-order valence-electron chi connectivity index (χ4n) is 2.87. The van der Waals surface area contributed by atoms with Crippen LogP contribution in [0.25, 0.3) is 0 Å². The Bertz CT molecular complexity index is 1230. The molecule has 0 spiro atoms. The van der Waals surface area contributed by atoms with E-state index in [4.69, 9.17) is 20.8 Å². The van der Waals surface area contributed by atoms with E-state index in [2.05, 4.69) is 10.4 Å². The Morgan fingerprint density at radius 2 is 1.89 bits per heavy atom. The van der Waals surface area contributed by atoms with Crippen molar-refractivity contribution < 1.29 is 45.2 Å². The van der Waals surface area contributed by atoms with Crippen LogP contribution in [0, 0.1) is 10.1 Å². The van der Waals surface area contributed by atoms with Gasteiger partial charge in [0.1, 0.15) is 29.5 Å². The molecule has 0 aliphatic carbocycles. The van der Waals surface area contributed by atoms with Gasteiger partial charge in [0, 0.05) is 12.1 Å². The van der Waals surface area contributed by atoms with Crippen molar-refractivity contribution in [3.63, 3.8) is 0 Å². The van der Waals surface area contributed by atoms with Gasteiger partial charge in [0.2, 0.25) is 0 Å². The van der Waals surface area contributed by atoms with Crippen LogP contribution in [-0.2, 0) is 6.54 Å². The van der Waals surface area contributed by atoms with Crippen LogP contribution in [0.2, 0.25) is 5.02 Å². The third-order valence-corrected chi connectivity index (χ3v) is 4.68. The smallest absolute Gasteiger partial charge is 0.291 e. The van der Waals surface area contributed by atoms with Crippen molar-refractivity contribution in [2.24, 2.45) is 0 Å². The highest BCUT2D eigenvalue weighted by molar-refractivity contribution is 6.32. The number of anilines is 1. The maximum Gasteiger partial charge on any atom is 0.291 e. The number of benzene rings is 1. The monoisotopic (exact) mass is 526 g/mol. The molecule has 188 valence electrons. The molecular formula is C19H13ClF6N4O5. The first kappa shape index (κ1) is 25.9. The summed E-state index contributed by atoms with van der Waals surface area (Å²) in [5.74, 6) is -1.76. The summed E-state index contributed by atoms with van der Waals surface area (Å²) in [4.78, 5) is 22.7. The van der Waals surface area contributed by atoms with E-state index >= 15 is 0 Å². The number of ether oxygens (including phenoxy) is 1. The van der Waals surface area contributed by atoms with Crippen molar-refractivity contribution in [3.8, 4) is 5.75 Å². The number of nitrogens with one attached hydrogen (secondary N) is 1. The summed E-state index contributed by atoms with van der Waals surface area (Å²) >= 11 is 5.58. The molecule has 0 atom stereocenters. The zero-order chi connectivity index (χ0) is 25.9. The van der Waals surface area contributed by atoms with Crippen LogP contribution in [0.5, 0.6) is 5.75 Å². The van der Waals surface area contributed by atoms with Crippen molar-refractivity contribution in [1.29, 1.82) is 0 Å². The number of furan rings is 1. The van der Waals surface area contributed by atoms with E-state index in [1.165, 1.54) is 6.07 Å². The molecule has 0 saturated carbocycles. The Hall–Kier alpha value is -3.75. The lowest BCUT2D eigenvalue weighted by Gasteiger charge is -2.09.